The van der Waals surface area contributed by atoms with Gasteiger partial charge in [0, 0.05) is 5.92 Å². The minimum Gasteiger partial charge on any atom is -0.469 e. The molecule has 3 saturated carbocycles. The summed E-state index contributed by atoms with van der Waals surface area (Å²) in [5.41, 5.74) is -0.550. The zero-order chi connectivity index (χ0) is 11.3. The number of methoxy groups -OCH3 is 1. The van der Waals surface area contributed by atoms with E-state index in [9.17, 15) is 9.90 Å². The van der Waals surface area contributed by atoms with Crippen molar-refractivity contribution in [3.05, 3.63) is 0 Å². The molecule has 90 valence electrons. The third-order valence-corrected chi connectivity index (χ3v) is 5.17. The van der Waals surface area contributed by atoms with E-state index in [1.165, 1.54) is 20.0 Å². The number of hydrogen-bond donors (Lipinski definition) is 1. The van der Waals surface area contributed by atoms with Crippen molar-refractivity contribution in [3.8, 4) is 0 Å². The third-order valence-electron chi connectivity index (χ3n) is 5.17. The van der Waals surface area contributed by atoms with Gasteiger partial charge in [-0.3, -0.25) is 4.79 Å². The quantitative estimate of drug-likeness (QED) is 0.727. The maximum absolute atomic E-state index is 11.4. The third kappa shape index (κ3) is 1.41. The number of hydrogen-bond acceptors (Lipinski definition) is 3. The highest BCUT2D eigenvalue weighted by Gasteiger charge is 2.61. The van der Waals surface area contributed by atoms with Crippen LogP contribution in [0.15, 0.2) is 0 Å². The molecule has 0 spiro atoms. The molecule has 3 heteroatoms. The Labute approximate surface area is 96.2 Å². The molecule has 3 rings (SSSR count). The molecule has 3 aliphatic carbocycles. The molecular formula is C13H20O3. The van der Waals surface area contributed by atoms with E-state index in [0.29, 0.717) is 18.3 Å². The Morgan fingerprint density at radius 2 is 2.31 bits per heavy atom. The van der Waals surface area contributed by atoms with Crippen LogP contribution >= 0.6 is 0 Å². The van der Waals surface area contributed by atoms with Crippen molar-refractivity contribution in [2.24, 2.45) is 23.7 Å². The molecule has 0 radical (unpaired) electrons. The van der Waals surface area contributed by atoms with Crippen molar-refractivity contribution in [2.75, 3.05) is 7.11 Å². The lowest BCUT2D eigenvalue weighted by atomic mass is 9.69. The first-order chi connectivity index (χ1) is 7.65. The summed E-state index contributed by atoms with van der Waals surface area (Å²) in [5, 5.41) is 10.8. The zero-order valence-electron chi connectivity index (χ0n) is 9.82. The predicted molar refractivity (Wildman–Crippen MR) is 58.6 cm³/mol. The molecule has 1 N–H and O–H groups in total. The molecule has 0 amide bonds. The lowest BCUT2D eigenvalue weighted by molar-refractivity contribution is -0.148. The SMILES string of the molecule is COC(=O)C[C@H]1[C@@H]2C[C@@H]2C[C@H]2CCC[C@@]21O. The van der Waals surface area contributed by atoms with E-state index in [1.54, 1.807) is 0 Å². The smallest absolute Gasteiger partial charge is 0.305 e. The summed E-state index contributed by atoms with van der Waals surface area (Å²) >= 11 is 0. The van der Waals surface area contributed by atoms with E-state index in [1.807, 2.05) is 0 Å². The van der Waals surface area contributed by atoms with Crippen LogP contribution in [0.5, 0.6) is 0 Å². The van der Waals surface area contributed by atoms with Gasteiger partial charge in [0.05, 0.1) is 19.1 Å². The van der Waals surface area contributed by atoms with Crippen LogP contribution in [0.25, 0.3) is 0 Å². The summed E-state index contributed by atoms with van der Waals surface area (Å²) in [5.74, 6) is 1.85. The largest absolute Gasteiger partial charge is 0.469 e. The summed E-state index contributed by atoms with van der Waals surface area (Å²) in [6.07, 6.45) is 6.00. The molecule has 0 aromatic carbocycles. The van der Waals surface area contributed by atoms with Gasteiger partial charge in [0.1, 0.15) is 0 Å². The highest BCUT2D eigenvalue weighted by molar-refractivity contribution is 5.69. The first-order valence-electron chi connectivity index (χ1n) is 6.44. The van der Waals surface area contributed by atoms with Gasteiger partial charge in [0.25, 0.3) is 0 Å². The average Bonchev–Trinajstić information content (AvgIpc) is 2.93. The van der Waals surface area contributed by atoms with E-state index in [0.717, 1.165) is 25.2 Å². The first kappa shape index (κ1) is 10.6. The topological polar surface area (TPSA) is 46.5 Å². The molecule has 3 aliphatic rings. The van der Waals surface area contributed by atoms with E-state index in [4.69, 9.17) is 4.74 Å². The van der Waals surface area contributed by atoms with Gasteiger partial charge in [-0.1, -0.05) is 6.42 Å². The number of esters is 1. The lowest BCUT2D eigenvalue weighted by Crippen LogP contribution is -2.46. The van der Waals surface area contributed by atoms with Crippen LogP contribution in [0.3, 0.4) is 0 Å². The van der Waals surface area contributed by atoms with Gasteiger partial charge in [-0.25, -0.2) is 0 Å². The van der Waals surface area contributed by atoms with Crippen LogP contribution in [0, 0.1) is 23.7 Å². The maximum atomic E-state index is 11.4. The Bertz CT molecular complexity index is 314. The summed E-state index contributed by atoms with van der Waals surface area (Å²) in [4.78, 5) is 11.4. The zero-order valence-corrected chi connectivity index (χ0v) is 9.82. The number of carbonyl (C=O) groups is 1. The summed E-state index contributed by atoms with van der Waals surface area (Å²) in [7, 11) is 1.44. The first-order valence-corrected chi connectivity index (χ1v) is 6.44. The second-order valence-electron chi connectivity index (χ2n) is 5.86. The van der Waals surface area contributed by atoms with Crippen molar-refractivity contribution in [1.29, 1.82) is 0 Å². The van der Waals surface area contributed by atoms with E-state index in [-0.39, 0.29) is 11.9 Å². The molecule has 0 aliphatic heterocycles. The molecule has 3 nitrogen and oxygen atoms in total. The van der Waals surface area contributed by atoms with E-state index >= 15 is 0 Å². The Morgan fingerprint density at radius 1 is 1.50 bits per heavy atom. The number of aliphatic hydroxyl groups is 1. The van der Waals surface area contributed by atoms with Crippen molar-refractivity contribution in [1.82, 2.24) is 0 Å². The number of fused-ring (bicyclic) bond motifs is 2. The minimum atomic E-state index is -0.550. The van der Waals surface area contributed by atoms with Gasteiger partial charge >= 0.3 is 5.97 Å². The monoisotopic (exact) mass is 224 g/mol. The van der Waals surface area contributed by atoms with Gasteiger partial charge in [0.15, 0.2) is 0 Å². The summed E-state index contributed by atoms with van der Waals surface area (Å²) in [6.45, 7) is 0. The molecule has 16 heavy (non-hydrogen) atoms. The molecule has 5 atom stereocenters. The van der Waals surface area contributed by atoms with Crippen LogP contribution < -0.4 is 0 Å². The summed E-state index contributed by atoms with van der Waals surface area (Å²) < 4.78 is 4.76. The second kappa shape index (κ2) is 3.46. The fraction of sp³-hybridized carbons (Fsp3) is 0.923. The fourth-order valence-corrected chi connectivity index (χ4v) is 4.26. The molecule has 0 unspecified atom stereocenters. The van der Waals surface area contributed by atoms with Crippen molar-refractivity contribution >= 4 is 5.97 Å². The highest BCUT2D eigenvalue weighted by Crippen LogP contribution is 2.63. The molecule has 0 aromatic rings. The van der Waals surface area contributed by atoms with Gasteiger partial charge in [-0.05, 0) is 43.4 Å². The van der Waals surface area contributed by atoms with Crippen molar-refractivity contribution in [2.45, 2.75) is 44.1 Å². The van der Waals surface area contributed by atoms with Crippen LogP contribution in [-0.2, 0) is 9.53 Å². The predicted octanol–water partition coefficient (Wildman–Crippen LogP) is 1.74. The van der Waals surface area contributed by atoms with Gasteiger partial charge < -0.3 is 9.84 Å². The molecule has 0 aromatic heterocycles. The fourth-order valence-electron chi connectivity index (χ4n) is 4.26. The van der Waals surface area contributed by atoms with Crippen LogP contribution in [0.1, 0.15) is 38.5 Å². The summed E-state index contributed by atoms with van der Waals surface area (Å²) in [6, 6.07) is 0. The maximum Gasteiger partial charge on any atom is 0.305 e. The van der Waals surface area contributed by atoms with Gasteiger partial charge in [-0.15, -0.1) is 0 Å². The number of rotatable bonds is 2. The standard InChI is InChI=1S/C13H20O3/c1-16-12(14)7-11-10-6-8(10)5-9-3-2-4-13(9,11)15/h8-11,15H,2-7H2,1H3/t8-,9+,10+,11-,13+/m0/s1. The van der Waals surface area contributed by atoms with Crippen LogP contribution in [-0.4, -0.2) is 23.8 Å². The van der Waals surface area contributed by atoms with Crippen LogP contribution in [0.2, 0.25) is 0 Å². The molecule has 0 heterocycles. The van der Waals surface area contributed by atoms with Crippen molar-refractivity contribution in [3.63, 3.8) is 0 Å². The minimum absolute atomic E-state index is 0.156. The van der Waals surface area contributed by atoms with Gasteiger partial charge in [0.2, 0.25) is 0 Å². The Kier molecular flexibility index (Phi) is 2.29. The molecule has 0 bridgehead atoms. The molecular weight excluding hydrogens is 204 g/mol. The Balaban J connectivity index is 1.81. The average molecular weight is 224 g/mol. The van der Waals surface area contributed by atoms with Gasteiger partial charge in [-0.2, -0.15) is 0 Å². The lowest BCUT2D eigenvalue weighted by Gasteiger charge is -2.41. The number of carbonyl (C=O) groups excluding carboxylic acids is 1. The Morgan fingerprint density at radius 3 is 3.06 bits per heavy atom. The second-order valence-corrected chi connectivity index (χ2v) is 5.86. The normalized spacial score (nSPS) is 49.4. The van der Waals surface area contributed by atoms with E-state index < -0.39 is 5.60 Å². The molecule has 3 fully saturated rings. The Hall–Kier alpha value is -0.570. The number of ether oxygens (including phenoxy) is 1. The molecule has 0 saturated heterocycles. The van der Waals surface area contributed by atoms with Crippen LogP contribution in [0.4, 0.5) is 0 Å². The highest BCUT2D eigenvalue weighted by atomic mass is 16.5. The van der Waals surface area contributed by atoms with Crippen molar-refractivity contribution < 1.29 is 14.6 Å². The van der Waals surface area contributed by atoms with E-state index in [2.05, 4.69) is 0 Å².